The highest BCUT2D eigenvalue weighted by atomic mass is 16.6. The highest BCUT2D eigenvalue weighted by Crippen LogP contribution is 2.26. The van der Waals surface area contributed by atoms with Crippen LogP contribution in [0.3, 0.4) is 0 Å². The van der Waals surface area contributed by atoms with Gasteiger partial charge in [-0.15, -0.1) is 0 Å². The first-order chi connectivity index (χ1) is 6.52. The first-order valence-corrected chi connectivity index (χ1v) is 4.26. The SMILES string of the molecule is Cc1nc(C)c2c(c1C)C(=O)OC2=O. The second-order valence-electron chi connectivity index (χ2n) is 3.33. The summed E-state index contributed by atoms with van der Waals surface area (Å²) in [6.45, 7) is 5.27. The topological polar surface area (TPSA) is 56.3 Å². The van der Waals surface area contributed by atoms with Crippen LogP contribution in [0, 0.1) is 20.8 Å². The molecule has 0 saturated heterocycles. The molecule has 2 rings (SSSR count). The van der Waals surface area contributed by atoms with Crippen LogP contribution in [-0.4, -0.2) is 16.9 Å². The van der Waals surface area contributed by atoms with Gasteiger partial charge in [-0.25, -0.2) is 9.59 Å². The van der Waals surface area contributed by atoms with Crippen molar-refractivity contribution in [2.75, 3.05) is 0 Å². The van der Waals surface area contributed by atoms with Gasteiger partial charge in [-0.1, -0.05) is 0 Å². The van der Waals surface area contributed by atoms with E-state index in [2.05, 4.69) is 9.72 Å². The number of fused-ring (bicyclic) bond motifs is 1. The molecule has 0 saturated carbocycles. The summed E-state index contributed by atoms with van der Waals surface area (Å²) in [5.41, 5.74) is 2.73. The monoisotopic (exact) mass is 191 g/mol. The standard InChI is InChI=1S/C10H9NO3/c1-4-5(2)11-6(3)8-7(4)9(12)14-10(8)13/h1-3H3. The Kier molecular flexibility index (Phi) is 1.67. The predicted molar refractivity (Wildman–Crippen MR) is 48.2 cm³/mol. The molecule has 1 aromatic rings. The van der Waals surface area contributed by atoms with Gasteiger partial charge in [0.1, 0.15) is 0 Å². The van der Waals surface area contributed by atoms with E-state index in [1.165, 1.54) is 0 Å². The molecule has 0 bridgehead atoms. The Bertz CT molecular complexity index is 463. The molecule has 0 radical (unpaired) electrons. The second kappa shape index (κ2) is 2.64. The van der Waals surface area contributed by atoms with E-state index < -0.39 is 11.9 Å². The molecule has 0 fully saturated rings. The van der Waals surface area contributed by atoms with E-state index in [4.69, 9.17) is 0 Å². The number of carbonyl (C=O) groups is 2. The van der Waals surface area contributed by atoms with Crippen molar-refractivity contribution in [1.29, 1.82) is 0 Å². The molecule has 72 valence electrons. The highest BCUT2D eigenvalue weighted by molar-refractivity contribution is 6.16. The zero-order valence-electron chi connectivity index (χ0n) is 8.17. The molecular formula is C10H9NO3. The zero-order valence-corrected chi connectivity index (χ0v) is 8.17. The molecular weight excluding hydrogens is 182 g/mol. The van der Waals surface area contributed by atoms with Gasteiger partial charge in [-0.3, -0.25) is 4.98 Å². The number of hydrogen-bond donors (Lipinski definition) is 0. The number of cyclic esters (lactones) is 2. The first-order valence-electron chi connectivity index (χ1n) is 4.26. The van der Waals surface area contributed by atoms with Crippen molar-refractivity contribution in [3.8, 4) is 0 Å². The van der Waals surface area contributed by atoms with Crippen molar-refractivity contribution >= 4 is 11.9 Å². The van der Waals surface area contributed by atoms with Gasteiger partial charge in [0.05, 0.1) is 16.8 Å². The molecule has 0 aromatic carbocycles. The predicted octanol–water partition coefficient (Wildman–Crippen LogP) is 1.32. The lowest BCUT2D eigenvalue weighted by atomic mass is 10.0. The van der Waals surface area contributed by atoms with Gasteiger partial charge in [0.2, 0.25) is 0 Å². The maximum absolute atomic E-state index is 11.3. The smallest absolute Gasteiger partial charge is 0.348 e. The van der Waals surface area contributed by atoms with Crippen molar-refractivity contribution in [1.82, 2.24) is 4.98 Å². The molecule has 4 nitrogen and oxygen atoms in total. The molecule has 14 heavy (non-hydrogen) atoms. The van der Waals surface area contributed by atoms with Gasteiger partial charge in [-0.2, -0.15) is 0 Å². The summed E-state index contributed by atoms with van der Waals surface area (Å²) in [5.74, 6) is -1.14. The molecule has 0 unspecified atom stereocenters. The Labute approximate surface area is 80.9 Å². The third kappa shape index (κ3) is 0.968. The van der Waals surface area contributed by atoms with Crippen molar-refractivity contribution in [3.63, 3.8) is 0 Å². The van der Waals surface area contributed by atoms with Crippen LogP contribution in [0.1, 0.15) is 37.7 Å². The summed E-state index contributed by atoms with van der Waals surface area (Å²) in [6.07, 6.45) is 0. The number of carbonyl (C=O) groups excluding carboxylic acids is 2. The minimum atomic E-state index is -0.585. The Hall–Kier alpha value is -1.71. The summed E-state index contributed by atoms with van der Waals surface area (Å²) < 4.78 is 4.53. The summed E-state index contributed by atoms with van der Waals surface area (Å²) in [4.78, 5) is 26.8. The van der Waals surface area contributed by atoms with Crippen molar-refractivity contribution in [2.45, 2.75) is 20.8 Å². The summed E-state index contributed by atoms with van der Waals surface area (Å²) in [5, 5.41) is 0. The molecule has 4 heteroatoms. The Morgan fingerprint density at radius 3 is 2.14 bits per heavy atom. The van der Waals surface area contributed by atoms with Gasteiger partial charge in [0.25, 0.3) is 0 Å². The van der Waals surface area contributed by atoms with E-state index in [-0.39, 0.29) is 0 Å². The molecule has 1 aromatic heterocycles. The fourth-order valence-corrected chi connectivity index (χ4v) is 1.63. The average Bonchev–Trinajstić information content (AvgIpc) is 2.38. The lowest BCUT2D eigenvalue weighted by Crippen LogP contribution is -2.03. The first kappa shape index (κ1) is 8.87. The van der Waals surface area contributed by atoms with Gasteiger partial charge >= 0.3 is 11.9 Å². The average molecular weight is 191 g/mol. The van der Waals surface area contributed by atoms with Crippen LogP contribution in [0.25, 0.3) is 0 Å². The van der Waals surface area contributed by atoms with Crippen LogP contribution in [0.15, 0.2) is 0 Å². The Morgan fingerprint density at radius 2 is 1.50 bits per heavy atom. The largest absolute Gasteiger partial charge is 0.386 e. The van der Waals surface area contributed by atoms with Crippen LogP contribution < -0.4 is 0 Å². The number of pyridine rings is 1. The number of rotatable bonds is 0. The van der Waals surface area contributed by atoms with Crippen molar-refractivity contribution < 1.29 is 14.3 Å². The molecule has 0 N–H and O–H groups in total. The molecule has 0 aliphatic carbocycles. The van der Waals surface area contributed by atoms with E-state index in [1.54, 1.807) is 20.8 Å². The molecule has 1 aliphatic rings. The maximum Gasteiger partial charge on any atom is 0.348 e. The van der Waals surface area contributed by atoms with E-state index in [0.29, 0.717) is 16.8 Å². The normalized spacial score (nSPS) is 14.2. The van der Waals surface area contributed by atoms with Gasteiger partial charge < -0.3 is 4.74 Å². The van der Waals surface area contributed by atoms with Crippen LogP contribution in [0.2, 0.25) is 0 Å². The fourth-order valence-electron chi connectivity index (χ4n) is 1.63. The van der Waals surface area contributed by atoms with Crippen LogP contribution in [0.4, 0.5) is 0 Å². The van der Waals surface area contributed by atoms with Crippen LogP contribution >= 0.6 is 0 Å². The molecule has 0 amide bonds. The third-order valence-electron chi connectivity index (χ3n) is 2.46. The summed E-state index contributed by atoms with van der Waals surface area (Å²) in [6, 6.07) is 0. The Balaban J connectivity index is 2.86. The summed E-state index contributed by atoms with van der Waals surface area (Å²) in [7, 11) is 0. The highest BCUT2D eigenvalue weighted by Gasteiger charge is 2.34. The maximum atomic E-state index is 11.3. The molecule has 0 atom stereocenters. The number of nitrogens with zero attached hydrogens (tertiary/aromatic N) is 1. The molecule has 1 aliphatic heterocycles. The van der Waals surface area contributed by atoms with Gasteiger partial charge in [0, 0.05) is 5.69 Å². The summed E-state index contributed by atoms with van der Waals surface area (Å²) >= 11 is 0. The van der Waals surface area contributed by atoms with Crippen molar-refractivity contribution in [2.24, 2.45) is 0 Å². The van der Waals surface area contributed by atoms with E-state index >= 15 is 0 Å². The van der Waals surface area contributed by atoms with Gasteiger partial charge in [0.15, 0.2) is 0 Å². The Morgan fingerprint density at radius 1 is 0.929 bits per heavy atom. The number of aromatic nitrogens is 1. The van der Waals surface area contributed by atoms with E-state index in [9.17, 15) is 9.59 Å². The number of esters is 2. The lowest BCUT2D eigenvalue weighted by molar-refractivity contribution is 0.0443. The van der Waals surface area contributed by atoms with Crippen LogP contribution in [0.5, 0.6) is 0 Å². The van der Waals surface area contributed by atoms with Crippen LogP contribution in [-0.2, 0) is 4.74 Å². The molecule has 0 spiro atoms. The van der Waals surface area contributed by atoms with E-state index in [1.807, 2.05) is 0 Å². The minimum absolute atomic E-state index is 0.318. The lowest BCUT2D eigenvalue weighted by Gasteiger charge is -2.04. The number of hydrogen-bond acceptors (Lipinski definition) is 4. The second-order valence-corrected chi connectivity index (χ2v) is 3.33. The van der Waals surface area contributed by atoms with E-state index in [0.717, 1.165) is 11.3 Å². The van der Waals surface area contributed by atoms with Crippen molar-refractivity contribution in [3.05, 3.63) is 28.1 Å². The van der Waals surface area contributed by atoms with Gasteiger partial charge in [-0.05, 0) is 26.3 Å². The zero-order chi connectivity index (χ0) is 10.5. The fraction of sp³-hybridized carbons (Fsp3) is 0.300. The minimum Gasteiger partial charge on any atom is -0.386 e. The number of aryl methyl sites for hydroxylation is 2. The third-order valence-corrected chi connectivity index (χ3v) is 2.46. The number of ether oxygens (including phenoxy) is 1. The molecule has 2 heterocycles. The quantitative estimate of drug-likeness (QED) is 0.458.